The summed E-state index contributed by atoms with van der Waals surface area (Å²) >= 11 is 0. The van der Waals surface area contributed by atoms with Gasteiger partial charge in [0.15, 0.2) is 0 Å². The summed E-state index contributed by atoms with van der Waals surface area (Å²) in [6.45, 7) is 2.19. The van der Waals surface area contributed by atoms with Crippen LogP contribution in [0.3, 0.4) is 0 Å². The van der Waals surface area contributed by atoms with Gasteiger partial charge in [-0.25, -0.2) is 0 Å². The third-order valence-corrected chi connectivity index (χ3v) is 3.25. The van der Waals surface area contributed by atoms with E-state index in [1.54, 1.807) is 0 Å². The van der Waals surface area contributed by atoms with E-state index in [0.717, 1.165) is 19.3 Å². The lowest BCUT2D eigenvalue weighted by Crippen LogP contribution is -2.10. The molecule has 1 nitrogen and oxygen atoms in total. The quantitative estimate of drug-likeness (QED) is 0.412. The molecule has 0 aliphatic heterocycles. The fourth-order valence-electron chi connectivity index (χ4n) is 2.04. The average Bonchev–Trinajstić information content (AvgIpc) is 2.33. The highest BCUT2D eigenvalue weighted by Gasteiger charge is 2.27. The Labute approximate surface area is 115 Å². The third-order valence-electron chi connectivity index (χ3n) is 3.25. The highest BCUT2D eigenvalue weighted by Crippen LogP contribution is 2.22. The lowest BCUT2D eigenvalue weighted by molar-refractivity contribution is -0.143. The Balaban J connectivity index is 3.23. The number of hydrogen-bond donors (Lipinski definition) is 0. The van der Waals surface area contributed by atoms with Gasteiger partial charge in [0.05, 0.1) is 6.42 Å². The predicted molar refractivity (Wildman–Crippen MR) is 72.1 cm³/mol. The number of halogens is 3. The van der Waals surface area contributed by atoms with Gasteiger partial charge < -0.3 is 0 Å². The molecule has 0 aliphatic carbocycles. The zero-order valence-corrected chi connectivity index (χ0v) is 12.0. The first kappa shape index (κ1) is 18.5. The lowest BCUT2D eigenvalue weighted by Gasteiger charge is -2.05. The minimum absolute atomic E-state index is 0.250. The van der Waals surface area contributed by atoms with E-state index in [-0.39, 0.29) is 12.2 Å². The Morgan fingerprint density at radius 1 is 0.789 bits per heavy atom. The highest BCUT2D eigenvalue weighted by molar-refractivity contribution is 5.78. The van der Waals surface area contributed by atoms with E-state index in [1.165, 1.54) is 38.5 Å². The number of unbranched alkanes of at least 4 members (excludes halogenated alkanes) is 8. The van der Waals surface area contributed by atoms with Crippen LogP contribution in [0.25, 0.3) is 0 Å². The van der Waals surface area contributed by atoms with Crippen molar-refractivity contribution in [1.29, 1.82) is 0 Å². The topological polar surface area (TPSA) is 17.1 Å². The Hall–Kier alpha value is -0.540. The van der Waals surface area contributed by atoms with Gasteiger partial charge in [-0.05, 0) is 6.42 Å². The van der Waals surface area contributed by atoms with Crippen LogP contribution in [0.1, 0.15) is 84.0 Å². The first-order valence-corrected chi connectivity index (χ1v) is 7.54. The highest BCUT2D eigenvalue weighted by atomic mass is 19.4. The van der Waals surface area contributed by atoms with Crippen LogP contribution in [0.5, 0.6) is 0 Å². The zero-order valence-electron chi connectivity index (χ0n) is 12.0. The lowest BCUT2D eigenvalue weighted by atomic mass is 10.0. The summed E-state index contributed by atoms with van der Waals surface area (Å²) in [6.07, 6.45) is 5.14. The molecule has 0 bridgehead atoms. The molecular formula is C15H27F3O. The van der Waals surface area contributed by atoms with Crippen LogP contribution in [0.2, 0.25) is 0 Å². The maximum Gasteiger partial charge on any atom is 0.389 e. The molecule has 4 heteroatoms. The molecule has 0 N–H and O–H groups in total. The van der Waals surface area contributed by atoms with Gasteiger partial charge in [0.1, 0.15) is 5.78 Å². The molecule has 0 rings (SSSR count). The number of carbonyl (C=O) groups excluding carboxylic acids is 1. The largest absolute Gasteiger partial charge is 0.389 e. The van der Waals surface area contributed by atoms with Gasteiger partial charge in [-0.3, -0.25) is 4.79 Å². The van der Waals surface area contributed by atoms with Crippen LogP contribution in [-0.2, 0) is 4.79 Å². The van der Waals surface area contributed by atoms with E-state index in [9.17, 15) is 18.0 Å². The molecule has 0 aliphatic rings. The predicted octanol–water partition coefficient (Wildman–Crippen LogP) is 5.82. The van der Waals surface area contributed by atoms with E-state index in [0.29, 0.717) is 6.42 Å². The summed E-state index contributed by atoms with van der Waals surface area (Å²) in [5.41, 5.74) is 0. The van der Waals surface area contributed by atoms with Crippen LogP contribution in [-0.4, -0.2) is 12.0 Å². The number of ketones is 1. The molecule has 114 valence electrons. The summed E-state index contributed by atoms with van der Waals surface area (Å²) < 4.78 is 35.6. The van der Waals surface area contributed by atoms with Crippen molar-refractivity contribution in [1.82, 2.24) is 0 Å². The molecule has 0 saturated carbocycles. The average molecular weight is 280 g/mol. The van der Waals surface area contributed by atoms with Crippen molar-refractivity contribution < 1.29 is 18.0 Å². The van der Waals surface area contributed by atoms with Gasteiger partial charge in [0.2, 0.25) is 0 Å². The van der Waals surface area contributed by atoms with Crippen LogP contribution >= 0.6 is 0 Å². The molecule has 0 heterocycles. The van der Waals surface area contributed by atoms with E-state index >= 15 is 0 Å². The second-order valence-corrected chi connectivity index (χ2v) is 5.23. The fraction of sp³-hybridized carbons (Fsp3) is 0.933. The van der Waals surface area contributed by atoms with Crippen LogP contribution in [0.4, 0.5) is 13.2 Å². The second kappa shape index (κ2) is 11.3. The van der Waals surface area contributed by atoms with Crippen molar-refractivity contribution in [2.45, 2.75) is 90.1 Å². The molecule has 0 unspecified atom stereocenters. The van der Waals surface area contributed by atoms with Crippen LogP contribution in [0, 0.1) is 0 Å². The van der Waals surface area contributed by atoms with E-state index < -0.39 is 12.6 Å². The molecule has 0 radical (unpaired) electrons. The number of Topliss-reactive ketones (excluding diaryl/α,β-unsaturated/α-hetero) is 1. The number of alkyl halides is 3. The monoisotopic (exact) mass is 280 g/mol. The molecule has 0 atom stereocenters. The van der Waals surface area contributed by atoms with E-state index in [2.05, 4.69) is 6.92 Å². The minimum Gasteiger partial charge on any atom is -0.300 e. The van der Waals surface area contributed by atoms with Crippen molar-refractivity contribution in [3.05, 3.63) is 0 Å². The number of hydrogen-bond acceptors (Lipinski definition) is 1. The maximum atomic E-state index is 11.9. The van der Waals surface area contributed by atoms with E-state index in [4.69, 9.17) is 0 Å². The zero-order chi connectivity index (χ0) is 14.6. The van der Waals surface area contributed by atoms with Crippen molar-refractivity contribution in [2.24, 2.45) is 0 Å². The van der Waals surface area contributed by atoms with Gasteiger partial charge in [0, 0.05) is 12.8 Å². The van der Waals surface area contributed by atoms with Crippen molar-refractivity contribution in [3.8, 4) is 0 Å². The number of rotatable bonds is 12. The summed E-state index contributed by atoms with van der Waals surface area (Å²) in [5, 5.41) is 0. The Bertz CT molecular complexity index is 224. The van der Waals surface area contributed by atoms with Crippen molar-refractivity contribution in [2.75, 3.05) is 0 Å². The van der Waals surface area contributed by atoms with Crippen LogP contribution in [0.15, 0.2) is 0 Å². The molecule has 0 spiro atoms. The van der Waals surface area contributed by atoms with Crippen molar-refractivity contribution >= 4 is 5.78 Å². The standard InChI is InChI=1S/C15H27F3O/c1-2-3-4-5-6-7-8-9-10-11-14(19)12-13-15(16,17)18/h2-13H2,1H3. The molecular weight excluding hydrogens is 253 g/mol. The second-order valence-electron chi connectivity index (χ2n) is 5.23. The van der Waals surface area contributed by atoms with Gasteiger partial charge in [-0.2, -0.15) is 13.2 Å². The van der Waals surface area contributed by atoms with E-state index in [1.807, 2.05) is 0 Å². The molecule has 0 fully saturated rings. The summed E-state index contributed by atoms with van der Waals surface area (Å²) in [7, 11) is 0. The fourth-order valence-corrected chi connectivity index (χ4v) is 2.04. The Kier molecular flexibility index (Phi) is 11.0. The first-order valence-electron chi connectivity index (χ1n) is 7.54. The molecule has 0 saturated heterocycles. The van der Waals surface area contributed by atoms with Crippen LogP contribution < -0.4 is 0 Å². The normalized spacial score (nSPS) is 11.8. The molecule has 0 aromatic carbocycles. The van der Waals surface area contributed by atoms with Gasteiger partial charge in [-0.15, -0.1) is 0 Å². The molecule has 0 amide bonds. The maximum absolute atomic E-state index is 11.9. The SMILES string of the molecule is CCCCCCCCCCCC(=O)CCC(F)(F)F. The molecule has 19 heavy (non-hydrogen) atoms. The number of carbonyl (C=O) groups is 1. The summed E-state index contributed by atoms with van der Waals surface area (Å²) in [5.74, 6) is -0.250. The Morgan fingerprint density at radius 3 is 1.74 bits per heavy atom. The third kappa shape index (κ3) is 15.4. The van der Waals surface area contributed by atoms with Gasteiger partial charge >= 0.3 is 6.18 Å². The van der Waals surface area contributed by atoms with Gasteiger partial charge in [0.25, 0.3) is 0 Å². The Morgan fingerprint density at radius 2 is 1.26 bits per heavy atom. The smallest absolute Gasteiger partial charge is 0.300 e. The molecule has 0 aromatic heterocycles. The summed E-state index contributed by atoms with van der Waals surface area (Å²) in [4.78, 5) is 11.2. The summed E-state index contributed by atoms with van der Waals surface area (Å²) in [6, 6.07) is 0. The van der Waals surface area contributed by atoms with Crippen molar-refractivity contribution in [3.63, 3.8) is 0 Å². The first-order chi connectivity index (χ1) is 8.95. The minimum atomic E-state index is -4.20. The molecule has 0 aromatic rings. The van der Waals surface area contributed by atoms with Gasteiger partial charge in [-0.1, -0.05) is 58.3 Å².